The molecule has 0 fully saturated rings. The number of anilines is 1. The molecule has 18 heavy (non-hydrogen) atoms. The summed E-state index contributed by atoms with van der Waals surface area (Å²) < 4.78 is 15.2. The average Bonchev–Trinajstić information content (AvgIpc) is 2.73. The summed E-state index contributed by atoms with van der Waals surface area (Å²) in [4.78, 5) is 9.81. The molecule has 1 aromatic heterocycles. The number of nitro groups is 1. The molecule has 0 bridgehead atoms. The van der Waals surface area contributed by atoms with Crippen LogP contribution >= 0.6 is 0 Å². The second-order valence-corrected chi connectivity index (χ2v) is 3.63. The van der Waals surface area contributed by atoms with Gasteiger partial charge in [-0.15, -0.1) is 10.2 Å². The Labute approximate surface area is 101 Å². The van der Waals surface area contributed by atoms with E-state index in [4.69, 9.17) is 0 Å². The van der Waals surface area contributed by atoms with Crippen molar-refractivity contribution in [2.75, 3.05) is 5.32 Å². The molecule has 0 aliphatic carbocycles. The Morgan fingerprint density at radius 1 is 1.56 bits per heavy atom. The zero-order valence-corrected chi connectivity index (χ0v) is 9.50. The van der Waals surface area contributed by atoms with Gasteiger partial charge >= 0.3 is 0 Å². The van der Waals surface area contributed by atoms with Crippen molar-refractivity contribution in [3.05, 3.63) is 46.3 Å². The van der Waals surface area contributed by atoms with Gasteiger partial charge in [0.2, 0.25) is 0 Å². The van der Waals surface area contributed by atoms with Crippen LogP contribution in [0.15, 0.2) is 24.5 Å². The van der Waals surface area contributed by atoms with E-state index < -0.39 is 10.7 Å². The zero-order valence-electron chi connectivity index (χ0n) is 9.50. The number of benzene rings is 1. The molecule has 94 valence electrons. The molecular weight excluding hydrogens is 241 g/mol. The Bertz CT molecular complexity index is 583. The first-order chi connectivity index (χ1) is 8.58. The second kappa shape index (κ2) is 4.78. The van der Waals surface area contributed by atoms with Gasteiger partial charge in [-0.1, -0.05) is 0 Å². The Kier molecular flexibility index (Phi) is 3.18. The molecule has 2 aromatic rings. The maximum absolute atomic E-state index is 13.5. The van der Waals surface area contributed by atoms with Gasteiger partial charge in [0.15, 0.2) is 11.6 Å². The summed E-state index contributed by atoms with van der Waals surface area (Å²) in [5.74, 6) is -0.0425. The lowest BCUT2D eigenvalue weighted by molar-refractivity contribution is -0.385. The number of rotatable bonds is 4. The summed E-state index contributed by atoms with van der Waals surface area (Å²) in [6.07, 6.45) is 1.53. The van der Waals surface area contributed by atoms with Gasteiger partial charge in [0, 0.05) is 13.1 Å². The van der Waals surface area contributed by atoms with Crippen molar-refractivity contribution < 1.29 is 9.31 Å². The summed E-state index contributed by atoms with van der Waals surface area (Å²) in [6.45, 7) is 0.283. The number of hydrogen-bond acceptors (Lipinski definition) is 5. The first-order valence-corrected chi connectivity index (χ1v) is 5.08. The molecule has 8 heteroatoms. The molecule has 0 saturated carbocycles. The molecule has 0 aliphatic heterocycles. The molecule has 0 atom stereocenters. The number of hydrogen-bond donors (Lipinski definition) is 1. The number of non-ortho nitro benzene ring substituents is 1. The highest BCUT2D eigenvalue weighted by Gasteiger charge is 2.11. The lowest BCUT2D eigenvalue weighted by Gasteiger charge is -2.06. The van der Waals surface area contributed by atoms with Crippen LogP contribution in [0.1, 0.15) is 5.82 Å². The quantitative estimate of drug-likeness (QED) is 0.657. The van der Waals surface area contributed by atoms with Gasteiger partial charge in [-0.25, -0.2) is 4.39 Å². The summed E-state index contributed by atoms with van der Waals surface area (Å²) in [5.41, 5.74) is -0.0969. The number of aryl methyl sites for hydroxylation is 1. The average molecular weight is 251 g/mol. The minimum atomic E-state index is -0.675. The fourth-order valence-corrected chi connectivity index (χ4v) is 1.40. The molecule has 2 rings (SSSR count). The van der Waals surface area contributed by atoms with Crippen LogP contribution in [0.2, 0.25) is 0 Å². The van der Waals surface area contributed by atoms with Gasteiger partial charge in [-0.05, 0) is 6.07 Å². The van der Waals surface area contributed by atoms with Gasteiger partial charge in [-0.3, -0.25) is 10.1 Å². The largest absolute Gasteiger partial charge is 0.375 e. The van der Waals surface area contributed by atoms with Gasteiger partial charge in [0.05, 0.1) is 23.2 Å². The van der Waals surface area contributed by atoms with E-state index in [0.717, 1.165) is 6.07 Å². The molecule has 0 unspecified atom stereocenters. The Morgan fingerprint density at radius 3 is 2.89 bits per heavy atom. The van der Waals surface area contributed by atoms with E-state index in [0.29, 0.717) is 5.82 Å². The van der Waals surface area contributed by atoms with Gasteiger partial charge in [0.25, 0.3) is 5.69 Å². The van der Waals surface area contributed by atoms with Crippen LogP contribution in [0, 0.1) is 15.9 Å². The normalized spacial score (nSPS) is 10.3. The molecule has 0 radical (unpaired) electrons. The first-order valence-electron chi connectivity index (χ1n) is 5.08. The van der Waals surface area contributed by atoms with Gasteiger partial charge < -0.3 is 9.88 Å². The highest BCUT2D eigenvalue weighted by molar-refractivity contribution is 5.50. The van der Waals surface area contributed by atoms with Gasteiger partial charge in [-0.2, -0.15) is 0 Å². The summed E-state index contributed by atoms with van der Waals surface area (Å²) in [6, 6.07) is 3.44. The molecule has 0 amide bonds. The standard InChI is InChI=1S/C10H10FN5O2/c1-15-6-13-14-10(15)5-12-9-3-2-7(16(17)18)4-8(9)11/h2-4,6,12H,5H2,1H3. The molecule has 0 spiro atoms. The molecule has 0 aliphatic rings. The van der Waals surface area contributed by atoms with Crippen molar-refractivity contribution in [1.29, 1.82) is 0 Å². The highest BCUT2D eigenvalue weighted by atomic mass is 19.1. The van der Waals surface area contributed by atoms with E-state index in [1.165, 1.54) is 18.5 Å². The lowest BCUT2D eigenvalue weighted by atomic mass is 10.2. The van der Waals surface area contributed by atoms with Gasteiger partial charge in [0.1, 0.15) is 6.33 Å². The first kappa shape index (κ1) is 12.0. The number of nitrogens with one attached hydrogen (secondary N) is 1. The minimum Gasteiger partial charge on any atom is -0.375 e. The summed E-state index contributed by atoms with van der Waals surface area (Å²) in [5, 5.41) is 20.8. The van der Waals surface area contributed by atoms with E-state index in [1.807, 2.05) is 0 Å². The van der Waals surface area contributed by atoms with Crippen LogP contribution in [0.5, 0.6) is 0 Å². The lowest BCUT2D eigenvalue weighted by Crippen LogP contribution is -2.07. The Balaban J connectivity index is 2.11. The van der Waals surface area contributed by atoms with E-state index in [-0.39, 0.29) is 17.9 Å². The topological polar surface area (TPSA) is 85.9 Å². The van der Waals surface area contributed by atoms with E-state index in [2.05, 4.69) is 15.5 Å². The molecule has 0 saturated heterocycles. The third-order valence-electron chi connectivity index (χ3n) is 2.41. The fraction of sp³-hybridized carbons (Fsp3) is 0.200. The van der Waals surface area contributed by atoms with Crippen molar-refractivity contribution in [2.24, 2.45) is 7.05 Å². The van der Waals surface area contributed by atoms with Crippen molar-refractivity contribution in [3.8, 4) is 0 Å². The minimum absolute atomic E-state index is 0.184. The number of halogens is 1. The van der Waals surface area contributed by atoms with Crippen LogP contribution in [0.25, 0.3) is 0 Å². The third kappa shape index (κ3) is 2.42. The van der Waals surface area contributed by atoms with Crippen LogP contribution in [0.3, 0.4) is 0 Å². The van der Waals surface area contributed by atoms with Crippen molar-refractivity contribution in [1.82, 2.24) is 14.8 Å². The van der Waals surface area contributed by atoms with Crippen molar-refractivity contribution >= 4 is 11.4 Å². The summed E-state index contributed by atoms with van der Waals surface area (Å²) >= 11 is 0. The van der Waals surface area contributed by atoms with Crippen LogP contribution < -0.4 is 5.32 Å². The maximum Gasteiger partial charge on any atom is 0.272 e. The number of nitrogens with zero attached hydrogens (tertiary/aromatic N) is 4. The van der Waals surface area contributed by atoms with E-state index >= 15 is 0 Å². The van der Waals surface area contributed by atoms with E-state index in [1.54, 1.807) is 11.6 Å². The molecular formula is C10H10FN5O2. The zero-order chi connectivity index (χ0) is 13.1. The predicted octanol–water partition coefficient (Wildman–Crippen LogP) is 1.47. The Hall–Kier alpha value is -2.51. The molecule has 1 aromatic carbocycles. The highest BCUT2D eigenvalue weighted by Crippen LogP contribution is 2.20. The van der Waals surface area contributed by atoms with Crippen molar-refractivity contribution in [3.63, 3.8) is 0 Å². The molecule has 7 nitrogen and oxygen atoms in total. The van der Waals surface area contributed by atoms with Crippen molar-refractivity contribution in [2.45, 2.75) is 6.54 Å². The van der Waals surface area contributed by atoms with Crippen LogP contribution in [-0.2, 0) is 13.6 Å². The maximum atomic E-state index is 13.5. The summed E-state index contributed by atoms with van der Waals surface area (Å²) in [7, 11) is 1.77. The number of nitro benzene ring substituents is 1. The smallest absolute Gasteiger partial charge is 0.272 e. The van der Waals surface area contributed by atoms with Crippen LogP contribution in [0.4, 0.5) is 15.8 Å². The fourth-order valence-electron chi connectivity index (χ4n) is 1.40. The second-order valence-electron chi connectivity index (χ2n) is 3.63. The molecule has 1 heterocycles. The Morgan fingerprint density at radius 2 is 2.33 bits per heavy atom. The third-order valence-corrected chi connectivity index (χ3v) is 2.41. The van der Waals surface area contributed by atoms with Crippen LogP contribution in [-0.4, -0.2) is 19.7 Å². The predicted molar refractivity (Wildman–Crippen MR) is 61.4 cm³/mol. The monoisotopic (exact) mass is 251 g/mol. The number of aromatic nitrogens is 3. The SMILES string of the molecule is Cn1cnnc1CNc1ccc([N+](=O)[O-])cc1F. The van der Waals surface area contributed by atoms with E-state index in [9.17, 15) is 14.5 Å². The molecule has 1 N–H and O–H groups in total.